The van der Waals surface area contributed by atoms with Crippen molar-refractivity contribution in [2.75, 3.05) is 23.7 Å². The van der Waals surface area contributed by atoms with Crippen LogP contribution in [0.5, 0.6) is 0 Å². The van der Waals surface area contributed by atoms with Crippen LogP contribution >= 0.6 is 0 Å². The summed E-state index contributed by atoms with van der Waals surface area (Å²) in [6.07, 6.45) is 1.67. The molecule has 2 amide bonds. The zero-order valence-corrected chi connectivity index (χ0v) is 23.5. The van der Waals surface area contributed by atoms with Crippen molar-refractivity contribution in [1.82, 2.24) is 10.2 Å². The Labute approximate surface area is 230 Å². The molecule has 0 radical (unpaired) electrons. The van der Waals surface area contributed by atoms with Crippen LogP contribution in [0.25, 0.3) is 0 Å². The van der Waals surface area contributed by atoms with E-state index >= 15 is 0 Å². The summed E-state index contributed by atoms with van der Waals surface area (Å²) >= 11 is 0. The largest absolute Gasteiger partial charge is 0.355 e. The number of carbonyl (C=O) groups is 2. The molecule has 39 heavy (non-hydrogen) atoms. The van der Waals surface area contributed by atoms with Crippen molar-refractivity contribution in [1.29, 1.82) is 0 Å². The van der Waals surface area contributed by atoms with Crippen molar-refractivity contribution in [3.8, 4) is 0 Å². The Bertz CT molecular complexity index is 1350. The highest BCUT2D eigenvalue weighted by Gasteiger charge is 2.30. The van der Waals surface area contributed by atoms with Gasteiger partial charge in [-0.05, 0) is 55.7 Å². The second-order valence-electron chi connectivity index (χ2n) is 9.53. The summed E-state index contributed by atoms with van der Waals surface area (Å²) in [5, 5.41) is 2.87. The smallest absolute Gasteiger partial charge is 0.243 e. The van der Waals surface area contributed by atoms with Crippen LogP contribution in [0.2, 0.25) is 0 Å². The fraction of sp³-hybridized carbons (Fsp3) is 0.333. The number of rotatable bonds is 13. The zero-order valence-electron chi connectivity index (χ0n) is 22.6. The summed E-state index contributed by atoms with van der Waals surface area (Å²) in [6, 6.07) is 21.8. The van der Waals surface area contributed by atoms with Gasteiger partial charge in [-0.3, -0.25) is 13.9 Å². The van der Waals surface area contributed by atoms with E-state index in [9.17, 15) is 22.4 Å². The predicted molar refractivity (Wildman–Crippen MR) is 152 cm³/mol. The Morgan fingerprint density at radius 1 is 0.949 bits per heavy atom. The van der Waals surface area contributed by atoms with Crippen LogP contribution in [0, 0.1) is 12.7 Å². The summed E-state index contributed by atoms with van der Waals surface area (Å²) in [5.41, 5.74) is 3.19. The highest BCUT2D eigenvalue weighted by Crippen LogP contribution is 2.21. The number of hydrogen-bond acceptors (Lipinski definition) is 4. The van der Waals surface area contributed by atoms with E-state index in [0.29, 0.717) is 18.7 Å². The average Bonchev–Trinajstić information content (AvgIpc) is 2.89. The van der Waals surface area contributed by atoms with Crippen molar-refractivity contribution in [3.05, 3.63) is 101 Å². The third-order valence-corrected chi connectivity index (χ3v) is 7.52. The molecule has 0 saturated carbocycles. The standard InChI is InChI=1S/C30H36FN3O4S/c1-4-32-30(36)28(21-24-11-6-5-7-12-24)33(22-25-13-8-10-23(2)20-25)29(35)14-9-19-34(39(3,37)38)27-17-15-26(31)16-18-27/h5-8,10-13,15-18,20,28H,4,9,14,19,21-22H2,1-3H3,(H,32,36)/t28-/m0/s1. The molecule has 1 atom stereocenters. The summed E-state index contributed by atoms with van der Waals surface area (Å²) in [5.74, 6) is -0.966. The fourth-order valence-electron chi connectivity index (χ4n) is 4.46. The summed E-state index contributed by atoms with van der Waals surface area (Å²) in [4.78, 5) is 28.6. The Balaban J connectivity index is 1.85. The lowest BCUT2D eigenvalue weighted by Gasteiger charge is -2.32. The van der Waals surface area contributed by atoms with E-state index in [1.165, 1.54) is 24.3 Å². The Hall–Kier alpha value is -3.72. The van der Waals surface area contributed by atoms with E-state index in [2.05, 4.69) is 5.32 Å². The van der Waals surface area contributed by atoms with Gasteiger partial charge < -0.3 is 10.2 Å². The quantitative estimate of drug-likeness (QED) is 0.339. The summed E-state index contributed by atoms with van der Waals surface area (Å²) < 4.78 is 39.5. The van der Waals surface area contributed by atoms with Gasteiger partial charge in [-0.1, -0.05) is 60.2 Å². The molecule has 208 valence electrons. The molecule has 0 aliphatic rings. The van der Waals surface area contributed by atoms with Crippen LogP contribution in [0.1, 0.15) is 36.5 Å². The number of benzene rings is 3. The van der Waals surface area contributed by atoms with Crippen molar-refractivity contribution in [3.63, 3.8) is 0 Å². The first-order valence-electron chi connectivity index (χ1n) is 13.0. The van der Waals surface area contributed by atoms with Crippen LogP contribution in [-0.4, -0.2) is 50.5 Å². The summed E-state index contributed by atoms with van der Waals surface area (Å²) in [6.45, 7) is 4.51. The SMILES string of the molecule is CCNC(=O)[C@H](Cc1ccccc1)N(Cc1cccc(C)c1)C(=O)CCCN(c1ccc(F)cc1)S(C)(=O)=O. The molecule has 3 aromatic carbocycles. The number of anilines is 1. The molecule has 0 bridgehead atoms. The van der Waals surface area contributed by atoms with Crippen LogP contribution in [0.15, 0.2) is 78.9 Å². The maximum atomic E-state index is 13.7. The highest BCUT2D eigenvalue weighted by atomic mass is 32.2. The van der Waals surface area contributed by atoms with Gasteiger partial charge in [-0.2, -0.15) is 0 Å². The minimum absolute atomic E-state index is 0.0315. The third-order valence-electron chi connectivity index (χ3n) is 6.32. The number of likely N-dealkylation sites (N-methyl/N-ethyl adjacent to an activating group) is 1. The van der Waals surface area contributed by atoms with Crippen LogP contribution in [0.3, 0.4) is 0 Å². The Kier molecular flexibility index (Phi) is 10.6. The van der Waals surface area contributed by atoms with E-state index in [1.54, 1.807) is 4.90 Å². The minimum atomic E-state index is -3.66. The fourth-order valence-corrected chi connectivity index (χ4v) is 5.43. The highest BCUT2D eigenvalue weighted by molar-refractivity contribution is 7.92. The molecule has 9 heteroatoms. The lowest BCUT2D eigenvalue weighted by Crippen LogP contribution is -2.50. The van der Waals surface area contributed by atoms with Gasteiger partial charge in [0.2, 0.25) is 21.8 Å². The Morgan fingerprint density at radius 3 is 2.23 bits per heavy atom. The van der Waals surface area contributed by atoms with Gasteiger partial charge in [0.05, 0.1) is 11.9 Å². The van der Waals surface area contributed by atoms with Gasteiger partial charge >= 0.3 is 0 Å². The molecule has 0 aromatic heterocycles. The van der Waals surface area contributed by atoms with Crippen molar-refractivity contribution in [2.45, 2.75) is 45.7 Å². The molecule has 0 heterocycles. The number of nitrogens with one attached hydrogen (secondary N) is 1. The van der Waals surface area contributed by atoms with E-state index < -0.39 is 21.9 Å². The molecule has 1 N–H and O–H groups in total. The third kappa shape index (κ3) is 8.92. The number of nitrogens with zero attached hydrogens (tertiary/aromatic N) is 2. The van der Waals surface area contributed by atoms with Crippen LogP contribution in [-0.2, 0) is 32.6 Å². The number of hydrogen-bond donors (Lipinski definition) is 1. The van der Waals surface area contributed by atoms with Crippen molar-refractivity contribution >= 4 is 27.5 Å². The minimum Gasteiger partial charge on any atom is -0.355 e. The molecule has 7 nitrogen and oxygen atoms in total. The molecule has 0 saturated heterocycles. The lowest BCUT2D eigenvalue weighted by molar-refractivity contribution is -0.141. The van der Waals surface area contributed by atoms with E-state index in [-0.39, 0.29) is 37.7 Å². The van der Waals surface area contributed by atoms with Gasteiger partial charge in [0.25, 0.3) is 0 Å². The maximum absolute atomic E-state index is 13.7. The second-order valence-corrected chi connectivity index (χ2v) is 11.4. The molecule has 0 unspecified atom stereocenters. The van der Waals surface area contributed by atoms with Crippen molar-refractivity contribution in [2.24, 2.45) is 0 Å². The van der Waals surface area contributed by atoms with Gasteiger partial charge in [0.15, 0.2) is 0 Å². The van der Waals surface area contributed by atoms with E-state index in [1.807, 2.05) is 68.4 Å². The molecule has 0 aliphatic heterocycles. The van der Waals surface area contributed by atoms with Gasteiger partial charge in [-0.15, -0.1) is 0 Å². The first-order valence-corrected chi connectivity index (χ1v) is 14.8. The van der Waals surface area contributed by atoms with Crippen LogP contribution < -0.4 is 9.62 Å². The molecule has 0 aliphatic carbocycles. The van der Waals surface area contributed by atoms with E-state index in [0.717, 1.165) is 27.3 Å². The first-order chi connectivity index (χ1) is 18.6. The monoisotopic (exact) mass is 553 g/mol. The van der Waals surface area contributed by atoms with Gasteiger partial charge in [-0.25, -0.2) is 12.8 Å². The second kappa shape index (κ2) is 13.9. The van der Waals surface area contributed by atoms with E-state index in [4.69, 9.17) is 0 Å². The number of carbonyl (C=O) groups excluding carboxylic acids is 2. The normalized spacial score (nSPS) is 12.0. The lowest BCUT2D eigenvalue weighted by atomic mass is 10.0. The zero-order chi connectivity index (χ0) is 28.4. The molecule has 3 aromatic rings. The predicted octanol–water partition coefficient (Wildman–Crippen LogP) is 4.46. The first kappa shape index (κ1) is 29.8. The molecule has 0 spiro atoms. The molecular formula is C30H36FN3O4S. The number of amides is 2. The molecule has 0 fully saturated rings. The van der Waals surface area contributed by atoms with Crippen LogP contribution in [0.4, 0.5) is 10.1 Å². The summed E-state index contributed by atoms with van der Waals surface area (Å²) in [7, 11) is -3.66. The van der Waals surface area contributed by atoms with Gasteiger partial charge in [0, 0.05) is 32.5 Å². The Morgan fingerprint density at radius 2 is 1.62 bits per heavy atom. The number of halogens is 1. The molecular weight excluding hydrogens is 517 g/mol. The number of sulfonamides is 1. The average molecular weight is 554 g/mol. The molecule has 3 rings (SSSR count). The van der Waals surface area contributed by atoms with Crippen molar-refractivity contribution < 1.29 is 22.4 Å². The topological polar surface area (TPSA) is 86.8 Å². The maximum Gasteiger partial charge on any atom is 0.243 e. The van der Waals surface area contributed by atoms with Gasteiger partial charge in [0.1, 0.15) is 11.9 Å². The number of aryl methyl sites for hydroxylation is 1.